The van der Waals surface area contributed by atoms with E-state index in [0.717, 1.165) is 38.6 Å². The third kappa shape index (κ3) is 4.09. The van der Waals surface area contributed by atoms with Gasteiger partial charge >= 0.3 is 0 Å². The highest BCUT2D eigenvalue weighted by atomic mass is 16.5. The van der Waals surface area contributed by atoms with Crippen LogP contribution in [-0.4, -0.2) is 43.8 Å². The van der Waals surface area contributed by atoms with Gasteiger partial charge in [-0.3, -0.25) is 4.90 Å². The number of nitrogens with two attached hydrogens (primary N) is 1. The molecular formula is C12H26N2O. The van der Waals surface area contributed by atoms with Gasteiger partial charge in [0.2, 0.25) is 0 Å². The number of ether oxygens (including phenoxy) is 1. The molecule has 0 saturated heterocycles. The molecule has 0 spiro atoms. The maximum atomic E-state index is 5.59. The minimum atomic E-state index is 0.641. The molecule has 15 heavy (non-hydrogen) atoms. The van der Waals surface area contributed by atoms with Crippen molar-refractivity contribution < 1.29 is 4.74 Å². The third-order valence-corrected chi connectivity index (χ3v) is 3.47. The first-order valence-corrected chi connectivity index (χ1v) is 6.24. The lowest BCUT2D eigenvalue weighted by Crippen LogP contribution is -2.46. The molecule has 0 radical (unpaired) electrons. The standard InChI is InChI=1S/C12H26N2O/c1-11(7-10-15-2)14(9-4-8-13)12-5-3-6-12/h11-12H,3-10,13H2,1-2H3. The highest BCUT2D eigenvalue weighted by Gasteiger charge is 2.27. The zero-order chi connectivity index (χ0) is 11.1. The van der Waals surface area contributed by atoms with E-state index in [0.29, 0.717) is 6.04 Å². The summed E-state index contributed by atoms with van der Waals surface area (Å²) in [4.78, 5) is 2.63. The van der Waals surface area contributed by atoms with E-state index in [4.69, 9.17) is 10.5 Å². The Balaban J connectivity index is 2.31. The number of nitrogens with zero attached hydrogens (tertiary/aromatic N) is 1. The molecule has 1 atom stereocenters. The highest BCUT2D eigenvalue weighted by molar-refractivity contribution is 4.83. The lowest BCUT2D eigenvalue weighted by molar-refractivity contribution is 0.0658. The van der Waals surface area contributed by atoms with Crippen molar-refractivity contribution in [2.75, 3.05) is 26.8 Å². The molecule has 1 aliphatic carbocycles. The van der Waals surface area contributed by atoms with E-state index in [2.05, 4.69) is 11.8 Å². The van der Waals surface area contributed by atoms with E-state index in [1.807, 2.05) is 0 Å². The van der Waals surface area contributed by atoms with Gasteiger partial charge in [0.05, 0.1) is 0 Å². The molecule has 3 heteroatoms. The summed E-state index contributed by atoms with van der Waals surface area (Å²) in [7, 11) is 1.78. The molecule has 1 aliphatic rings. The summed E-state index contributed by atoms with van der Waals surface area (Å²) in [6.45, 7) is 5.15. The van der Waals surface area contributed by atoms with Gasteiger partial charge in [-0.1, -0.05) is 6.42 Å². The monoisotopic (exact) mass is 214 g/mol. The first-order chi connectivity index (χ1) is 7.29. The maximum Gasteiger partial charge on any atom is 0.0477 e. The van der Waals surface area contributed by atoms with Crippen LogP contribution in [0, 0.1) is 0 Å². The fourth-order valence-corrected chi connectivity index (χ4v) is 2.21. The second-order valence-corrected chi connectivity index (χ2v) is 4.60. The Morgan fingerprint density at radius 2 is 2.20 bits per heavy atom. The Bertz CT molecular complexity index is 160. The van der Waals surface area contributed by atoms with Crippen LogP contribution >= 0.6 is 0 Å². The van der Waals surface area contributed by atoms with Crippen LogP contribution in [-0.2, 0) is 4.74 Å². The van der Waals surface area contributed by atoms with Crippen molar-refractivity contribution in [3.05, 3.63) is 0 Å². The van der Waals surface area contributed by atoms with Gasteiger partial charge in [-0.2, -0.15) is 0 Å². The van der Waals surface area contributed by atoms with Crippen LogP contribution in [0.25, 0.3) is 0 Å². The van der Waals surface area contributed by atoms with E-state index in [-0.39, 0.29) is 0 Å². The molecule has 1 rings (SSSR count). The molecule has 0 aromatic carbocycles. The fourth-order valence-electron chi connectivity index (χ4n) is 2.21. The molecule has 1 saturated carbocycles. The van der Waals surface area contributed by atoms with Crippen molar-refractivity contribution in [1.82, 2.24) is 4.90 Å². The van der Waals surface area contributed by atoms with Crippen LogP contribution < -0.4 is 5.73 Å². The summed E-state index contributed by atoms with van der Waals surface area (Å²) in [5, 5.41) is 0. The summed E-state index contributed by atoms with van der Waals surface area (Å²) in [6, 6.07) is 1.46. The Morgan fingerprint density at radius 1 is 1.47 bits per heavy atom. The van der Waals surface area contributed by atoms with Crippen molar-refractivity contribution in [2.24, 2.45) is 5.73 Å². The lowest BCUT2D eigenvalue weighted by atomic mass is 9.90. The maximum absolute atomic E-state index is 5.59. The van der Waals surface area contributed by atoms with Crippen molar-refractivity contribution in [1.29, 1.82) is 0 Å². The number of rotatable bonds is 8. The summed E-state index contributed by atoms with van der Waals surface area (Å²) in [5.41, 5.74) is 5.59. The second kappa shape index (κ2) is 7.20. The van der Waals surface area contributed by atoms with Gasteiger partial charge < -0.3 is 10.5 Å². The van der Waals surface area contributed by atoms with Crippen molar-refractivity contribution in [3.63, 3.8) is 0 Å². The Morgan fingerprint density at radius 3 is 2.67 bits per heavy atom. The van der Waals surface area contributed by atoms with E-state index in [1.54, 1.807) is 7.11 Å². The topological polar surface area (TPSA) is 38.5 Å². The van der Waals surface area contributed by atoms with Crippen LogP contribution in [0.1, 0.15) is 39.0 Å². The van der Waals surface area contributed by atoms with Crippen molar-refractivity contribution in [2.45, 2.75) is 51.1 Å². The highest BCUT2D eigenvalue weighted by Crippen LogP contribution is 2.27. The first-order valence-electron chi connectivity index (χ1n) is 6.24. The number of hydrogen-bond acceptors (Lipinski definition) is 3. The fraction of sp³-hybridized carbons (Fsp3) is 1.00. The normalized spacial score (nSPS) is 19.2. The predicted molar refractivity (Wildman–Crippen MR) is 64.0 cm³/mol. The van der Waals surface area contributed by atoms with Crippen molar-refractivity contribution >= 4 is 0 Å². The minimum Gasteiger partial charge on any atom is -0.385 e. The molecular weight excluding hydrogens is 188 g/mol. The summed E-state index contributed by atoms with van der Waals surface area (Å²) in [5.74, 6) is 0. The SMILES string of the molecule is COCCC(C)N(CCCN)C1CCC1. The summed E-state index contributed by atoms with van der Waals surface area (Å²) in [6.07, 6.45) is 6.41. The summed E-state index contributed by atoms with van der Waals surface area (Å²) >= 11 is 0. The Hall–Kier alpha value is -0.120. The summed E-state index contributed by atoms with van der Waals surface area (Å²) < 4.78 is 5.15. The molecule has 0 aromatic heterocycles. The molecule has 1 fully saturated rings. The Kier molecular flexibility index (Phi) is 6.22. The minimum absolute atomic E-state index is 0.641. The molecule has 2 N–H and O–H groups in total. The van der Waals surface area contributed by atoms with Gasteiger partial charge in [-0.05, 0) is 45.7 Å². The van der Waals surface area contributed by atoms with Gasteiger partial charge in [0.15, 0.2) is 0 Å². The zero-order valence-corrected chi connectivity index (χ0v) is 10.2. The Labute approximate surface area is 94.0 Å². The quantitative estimate of drug-likeness (QED) is 0.667. The smallest absolute Gasteiger partial charge is 0.0477 e. The zero-order valence-electron chi connectivity index (χ0n) is 10.2. The molecule has 0 amide bonds. The van der Waals surface area contributed by atoms with E-state index < -0.39 is 0 Å². The number of methoxy groups -OCH3 is 1. The number of hydrogen-bond donors (Lipinski definition) is 1. The lowest BCUT2D eigenvalue weighted by Gasteiger charge is -2.41. The molecule has 0 aliphatic heterocycles. The van der Waals surface area contributed by atoms with Gasteiger partial charge in [0.25, 0.3) is 0 Å². The van der Waals surface area contributed by atoms with Gasteiger partial charge in [-0.15, -0.1) is 0 Å². The van der Waals surface area contributed by atoms with Gasteiger partial charge in [0.1, 0.15) is 0 Å². The largest absolute Gasteiger partial charge is 0.385 e. The van der Waals surface area contributed by atoms with Crippen molar-refractivity contribution in [3.8, 4) is 0 Å². The van der Waals surface area contributed by atoms with Crippen LogP contribution in [0.5, 0.6) is 0 Å². The molecule has 0 heterocycles. The molecule has 90 valence electrons. The second-order valence-electron chi connectivity index (χ2n) is 4.60. The predicted octanol–water partition coefficient (Wildman–Crippen LogP) is 1.61. The molecule has 0 bridgehead atoms. The van der Waals surface area contributed by atoms with E-state index in [1.165, 1.54) is 19.3 Å². The van der Waals surface area contributed by atoms with Crippen LogP contribution in [0.4, 0.5) is 0 Å². The molecule has 1 unspecified atom stereocenters. The van der Waals surface area contributed by atoms with Gasteiger partial charge in [0, 0.05) is 25.8 Å². The van der Waals surface area contributed by atoms with Crippen LogP contribution in [0.3, 0.4) is 0 Å². The molecule has 3 nitrogen and oxygen atoms in total. The molecule has 0 aromatic rings. The van der Waals surface area contributed by atoms with Crippen LogP contribution in [0.2, 0.25) is 0 Å². The van der Waals surface area contributed by atoms with Gasteiger partial charge in [-0.25, -0.2) is 0 Å². The third-order valence-electron chi connectivity index (χ3n) is 3.47. The first kappa shape index (κ1) is 12.9. The van der Waals surface area contributed by atoms with E-state index >= 15 is 0 Å². The average molecular weight is 214 g/mol. The average Bonchev–Trinajstić information content (AvgIpc) is 2.17. The van der Waals surface area contributed by atoms with E-state index in [9.17, 15) is 0 Å². The van der Waals surface area contributed by atoms with Crippen LogP contribution in [0.15, 0.2) is 0 Å².